The second-order valence-electron chi connectivity index (χ2n) is 6.28. The standard InChI is InChI=1S/C15H22FN3O6/c1-7(2)4-5-24-15(23)18-12-9(16)6-19(14(22)17-12)13-11(21)10(20)8(3)25-13/h6-8,10-11,13,20-21H,4-5H2,1-3H3,(H,17,18,22,23)/t8-,10+,11+,13-/m1/s1. The van der Waals surface area contributed by atoms with Crippen LogP contribution in [-0.4, -0.2) is 50.8 Å². The number of amides is 1. The Balaban J connectivity index is 2.10. The summed E-state index contributed by atoms with van der Waals surface area (Å²) < 4.78 is 25.0. The molecule has 1 aromatic heterocycles. The minimum Gasteiger partial charge on any atom is -0.449 e. The molecule has 1 aliphatic heterocycles. The van der Waals surface area contributed by atoms with Crippen molar-refractivity contribution in [3.63, 3.8) is 0 Å². The number of ether oxygens (including phenoxy) is 2. The van der Waals surface area contributed by atoms with E-state index in [4.69, 9.17) is 9.47 Å². The van der Waals surface area contributed by atoms with Crippen LogP contribution < -0.4 is 11.0 Å². The molecule has 140 valence electrons. The third kappa shape index (κ3) is 4.53. The summed E-state index contributed by atoms with van der Waals surface area (Å²) in [7, 11) is 0. The third-order valence-corrected chi connectivity index (χ3v) is 3.81. The number of aliphatic hydroxyl groups excluding tert-OH is 2. The molecule has 1 fully saturated rings. The van der Waals surface area contributed by atoms with Gasteiger partial charge in [-0.15, -0.1) is 0 Å². The van der Waals surface area contributed by atoms with Crippen molar-refractivity contribution in [1.29, 1.82) is 0 Å². The van der Waals surface area contributed by atoms with Crippen LogP contribution in [0.5, 0.6) is 0 Å². The zero-order valence-electron chi connectivity index (χ0n) is 14.2. The summed E-state index contributed by atoms with van der Waals surface area (Å²) in [4.78, 5) is 27.1. The number of hydrogen-bond acceptors (Lipinski definition) is 7. The Labute approximate surface area is 143 Å². The molecule has 0 radical (unpaired) electrons. The summed E-state index contributed by atoms with van der Waals surface area (Å²) in [6.07, 6.45) is -4.16. The number of carbonyl (C=O) groups is 1. The average Bonchev–Trinajstić information content (AvgIpc) is 2.77. The lowest BCUT2D eigenvalue weighted by molar-refractivity contribution is -0.0355. The van der Waals surface area contributed by atoms with Crippen LogP contribution in [0, 0.1) is 11.7 Å². The summed E-state index contributed by atoms with van der Waals surface area (Å²) >= 11 is 0. The van der Waals surface area contributed by atoms with Gasteiger partial charge >= 0.3 is 11.8 Å². The first-order chi connectivity index (χ1) is 11.7. The van der Waals surface area contributed by atoms with Crippen LogP contribution in [0.2, 0.25) is 0 Å². The van der Waals surface area contributed by atoms with Crippen LogP contribution >= 0.6 is 0 Å². The molecule has 0 aliphatic carbocycles. The predicted octanol–water partition coefficient (Wildman–Crippen LogP) is 0.616. The van der Waals surface area contributed by atoms with Crippen LogP contribution in [-0.2, 0) is 9.47 Å². The third-order valence-electron chi connectivity index (χ3n) is 3.81. The Morgan fingerprint density at radius 2 is 2.16 bits per heavy atom. The van der Waals surface area contributed by atoms with Crippen LogP contribution in [0.25, 0.3) is 0 Å². The van der Waals surface area contributed by atoms with Crippen molar-refractivity contribution in [3.05, 3.63) is 22.5 Å². The molecule has 1 aliphatic rings. The SMILES string of the molecule is CC(C)CCOC(=O)Nc1nc(=O)n([C@@H]2O[C@H](C)[C@H](O)[C@@H]2O)cc1F. The van der Waals surface area contributed by atoms with Gasteiger partial charge in [-0.1, -0.05) is 13.8 Å². The number of rotatable bonds is 5. The maximum Gasteiger partial charge on any atom is 0.412 e. The van der Waals surface area contributed by atoms with E-state index in [2.05, 4.69) is 10.3 Å². The minimum absolute atomic E-state index is 0.153. The van der Waals surface area contributed by atoms with Crippen LogP contribution in [0.1, 0.15) is 33.4 Å². The first-order valence-electron chi connectivity index (χ1n) is 7.94. The van der Waals surface area contributed by atoms with Crippen molar-refractivity contribution in [2.24, 2.45) is 5.92 Å². The van der Waals surface area contributed by atoms with E-state index >= 15 is 0 Å². The molecule has 0 bridgehead atoms. The van der Waals surface area contributed by atoms with Crippen LogP contribution in [0.4, 0.5) is 15.0 Å². The predicted molar refractivity (Wildman–Crippen MR) is 84.5 cm³/mol. The molecule has 0 spiro atoms. The van der Waals surface area contributed by atoms with E-state index in [-0.39, 0.29) is 6.61 Å². The highest BCUT2D eigenvalue weighted by Gasteiger charge is 2.42. The van der Waals surface area contributed by atoms with Gasteiger partial charge in [0.15, 0.2) is 17.9 Å². The Morgan fingerprint density at radius 3 is 2.72 bits per heavy atom. The topological polar surface area (TPSA) is 123 Å². The number of aromatic nitrogens is 2. The van der Waals surface area contributed by atoms with E-state index in [1.807, 2.05) is 13.8 Å². The normalized spacial score (nSPS) is 26.0. The molecular formula is C15H22FN3O6. The van der Waals surface area contributed by atoms with Crippen molar-refractivity contribution in [2.75, 3.05) is 11.9 Å². The lowest BCUT2D eigenvalue weighted by atomic mass is 10.1. The number of nitrogens with zero attached hydrogens (tertiary/aromatic N) is 2. The lowest BCUT2D eigenvalue weighted by Crippen LogP contribution is -2.36. The van der Waals surface area contributed by atoms with Gasteiger partial charge < -0.3 is 19.7 Å². The zero-order valence-corrected chi connectivity index (χ0v) is 14.2. The van der Waals surface area contributed by atoms with E-state index in [1.165, 1.54) is 6.92 Å². The number of hydrogen-bond donors (Lipinski definition) is 3. The lowest BCUT2D eigenvalue weighted by Gasteiger charge is -2.17. The molecule has 1 aromatic rings. The van der Waals surface area contributed by atoms with Gasteiger partial charge in [-0.25, -0.2) is 14.0 Å². The van der Waals surface area contributed by atoms with Crippen LogP contribution in [0.3, 0.4) is 0 Å². The quantitative estimate of drug-likeness (QED) is 0.704. The maximum atomic E-state index is 14.1. The largest absolute Gasteiger partial charge is 0.449 e. The van der Waals surface area contributed by atoms with E-state index in [9.17, 15) is 24.2 Å². The van der Waals surface area contributed by atoms with E-state index in [0.717, 1.165) is 10.8 Å². The molecule has 3 N–H and O–H groups in total. The number of halogens is 1. The van der Waals surface area contributed by atoms with Gasteiger partial charge in [-0.05, 0) is 19.3 Å². The van der Waals surface area contributed by atoms with Gasteiger partial charge in [0, 0.05) is 0 Å². The smallest absolute Gasteiger partial charge is 0.412 e. The first-order valence-corrected chi connectivity index (χ1v) is 7.94. The van der Waals surface area contributed by atoms with Gasteiger partial charge in [0.1, 0.15) is 12.2 Å². The molecule has 10 heteroatoms. The van der Waals surface area contributed by atoms with Gasteiger partial charge in [-0.3, -0.25) is 9.88 Å². The van der Waals surface area contributed by atoms with E-state index in [1.54, 1.807) is 0 Å². The zero-order chi connectivity index (χ0) is 18.7. The molecule has 2 heterocycles. The van der Waals surface area contributed by atoms with Crippen molar-refractivity contribution in [1.82, 2.24) is 9.55 Å². The van der Waals surface area contributed by atoms with Crippen molar-refractivity contribution in [2.45, 2.75) is 51.7 Å². The Hall–Kier alpha value is -2.04. The summed E-state index contributed by atoms with van der Waals surface area (Å²) in [5, 5.41) is 21.6. The van der Waals surface area contributed by atoms with Gasteiger partial charge in [-0.2, -0.15) is 4.98 Å². The molecule has 0 unspecified atom stereocenters. The Bertz CT molecular complexity index is 680. The first kappa shape index (κ1) is 19.3. The van der Waals surface area contributed by atoms with Gasteiger partial charge in [0.05, 0.1) is 18.9 Å². The second kappa shape index (κ2) is 7.89. The van der Waals surface area contributed by atoms with Crippen molar-refractivity contribution < 1.29 is 28.9 Å². The summed E-state index contributed by atoms with van der Waals surface area (Å²) in [5.41, 5.74) is -0.954. The highest BCUT2D eigenvalue weighted by molar-refractivity contribution is 5.83. The maximum absolute atomic E-state index is 14.1. The number of aliphatic hydroxyl groups is 2. The summed E-state index contributed by atoms with van der Waals surface area (Å²) in [5.74, 6) is -1.26. The highest BCUT2D eigenvalue weighted by Crippen LogP contribution is 2.28. The fourth-order valence-corrected chi connectivity index (χ4v) is 2.29. The molecular weight excluding hydrogens is 337 g/mol. The summed E-state index contributed by atoms with van der Waals surface area (Å²) in [6, 6.07) is 0. The fourth-order valence-electron chi connectivity index (χ4n) is 2.29. The highest BCUT2D eigenvalue weighted by atomic mass is 19.1. The molecule has 0 aromatic carbocycles. The minimum atomic E-state index is -1.41. The molecule has 2 rings (SSSR count). The molecule has 1 amide bonds. The van der Waals surface area contributed by atoms with E-state index in [0.29, 0.717) is 12.3 Å². The number of anilines is 1. The van der Waals surface area contributed by atoms with Crippen molar-refractivity contribution >= 4 is 11.9 Å². The monoisotopic (exact) mass is 359 g/mol. The molecule has 25 heavy (non-hydrogen) atoms. The molecule has 4 atom stereocenters. The molecule has 0 saturated carbocycles. The van der Waals surface area contributed by atoms with Crippen molar-refractivity contribution in [3.8, 4) is 0 Å². The second-order valence-corrected chi connectivity index (χ2v) is 6.28. The van der Waals surface area contributed by atoms with Gasteiger partial charge in [0.25, 0.3) is 0 Å². The summed E-state index contributed by atoms with van der Waals surface area (Å²) in [6.45, 7) is 5.57. The number of nitrogens with one attached hydrogen (secondary N) is 1. The van der Waals surface area contributed by atoms with Crippen LogP contribution in [0.15, 0.2) is 11.0 Å². The fraction of sp³-hybridized carbons (Fsp3) is 0.667. The van der Waals surface area contributed by atoms with E-state index < -0.39 is 48.0 Å². The van der Waals surface area contributed by atoms with Gasteiger partial charge in [0.2, 0.25) is 0 Å². The Kier molecular flexibility index (Phi) is 6.09. The molecule has 1 saturated heterocycles. The number of carbonyl (C=O) groups excluding carboxylic acids is 1. The average molecular weight is 359 g/mol. The molecule has 9 nitrogen and oxygen atoms in total. The Morgan fingerprint density at radius 1 is 1.48 bits per heavy atom.